The molecule has 1 saturated carbocycles. The zero-order valence-electron chi connectivity index (χ0n) is 9.81. The molecule has 0 aliphatic heterocycles. The van der Waals surface area contributed by atoms with E-state index >= 15 is 0 Å². The van der Waals surface area contributed by atoms with Gasteiger partial charge in [0.2, 0.25) is 0 Å². The molecule has 1 N–H and O–H groups in total. The molecule has 0 bridgehead atoms. The van der Waals surface area contributed by atoms with Crippen molar-refractivity contribution in [3.05, 3.63) is 17.5 Å². The molecule has 1 fully saturated rings. The van der Waals surface area contributed by atoms with Crippen LogP contribution >= 0.6 is 0 Å². The zero-order chi connectivity index (χ0) is 11.7. The van der Waals surface area contributed by atoms with Crippen LogP contribution in [0.25, 0.3) is 0 Å². The van der Waals surface area contributed by atoms with Crippen LogP contribution < -0.4 is 0 Å². The molecule has 0 spiro atoms. The quantitative estimate of drug-likeness (QED) is 0.829. The summed E-state index contributed by atoms with van der Waals surface area (Å²) < 4.78 is 1.90. The summed E-state index contributed by atoms with van der Waals surface area (Å²) in [6.45, 7) is 5.13. The summed E-state index contributed by atoms with van der Waals surface area (Å²) in [6.07, 6.45) is 4.32. The molecule has 1 aromatic heterocycles. The number of carboxylic acids is 1. The highest BCUT2D eigenvalue weighted by molar-refractivity contribution is 5.70. The van der Waals surface area contributed by atoms with Gasteiger partial charge in [0.1, 0.15) is 0 Å². The first kappa shape index (κ1) is 11.2. The van der Waals surface area contributed by atoms with Gasteiger partial charge in [0, 0.05) is 24.2 Å². The van der Waals surface area contributed by atoms with E-state index in [0.717, 1.165) is 30.6 Å². The van der Waals surface area contributed by atoms with Crippen LogP contribution in [0.2, 0.25) is 0 Å². The molecule has 1 aliphatic rings. The van der Waals surface area contributed by atoms with E-state index in [1.54, 1.807) is 0 Å². The van der Waals surface area contributed by atoms with Crippen molar-refractivity contribution in [2.45, 2.75) is 45.6 Å². The summed E-state index contributed by atoms with van der Waals surface area (Å²) in [5.74, 6) is 0.276. The molecule has 1 aliphatic carbocycles. The molecule has 0 amide bonds. The van der Waals surface area contributed by atoms with Crippen molar-refractivity contribution in [2.75, 3.05) is 0 Å². The summed E-state index contributed by atoms with van der Waals surface area (Å²) in [4.78, 5) is 10.8. The molecule has 2 rings (SSSR count). The van der Waals surface area contributed by atoms with Crippen molar-refractivity contribution >= 4 is 5.97 Å². The van der Waals surface area contributed by atoms with Crippen molar-refractivity contribution in [3.8, 4) is 0 Å². The van der Waals surface area contributed by atoms with Gasteiger partial charge in [0.15, 0.2) is 0 Å². The summed E-state index contributed by atoms with van der Waals surface area (Å²) in [6, 6.07) is 0. The Bertz CT molecular complexity index is 392. The Morgan fingerprint density at radius 2 is 2.31 bits per heavy atom. The van der Waals surface area contributed by atoms with Gasteiger partial charge in [-0.15, -0.1) is 0 Å². The maximum absolute atomic E-state index is 10.8. The Morgan fingerprint density at radius 3 is 2.81 bits per heavy atom. The minimum absolute atomic E-state index is 0.101. The van der Waals surface area contributed by atoms with Gasteiger partial charge in [-0.3, -0.25) is 9.48 Å². The molecule has 0 atom stereocenters. The van der Waals surface area contributed by atoms with E-state index in [9.17, 15) is 4.79 Å². The van der Waals surface area contributed by atoms with E-state index < -0.39 is 5.97 Å². The molecule has 16 heavy (non-hydrogen) atoms. The molecule has 4 heteroatoms. The van der Waals surface area contributed by atoms with Gasteiger partial charge in [0.25, 0.3) is 0 Å². The van der Waals surface area contributed by atoms with Crippen LogP contribution in [0.4, 0.5) is 0 Å². The number of nitrogens with zero attached hydrogens (tertiary/aromatic N) is 2. The molecule has 0 radical (unpaired) electrons. The number of hydrogen-bond acceptors (Lipinski definition) is 2. The van der Waals surface area contributed by atoms with E-state index in [1.807, 2.05) is 10.9 Å². The van der Waals surface area contributed by atoms with E-state index in [-0.39, 0.29) is 6.42 Å². The lowest BCUT2D eigenvalue weighted by Gasteiger charge is -2.03. The first-order valence-corrected chi connectivity index (χ1v) is 5.84. The van der Waals surface area contributed by atoms with Gasteiger partial charge >= 0.3 is 5.97 Å². The normalized spacial score (nSPS) is 15.7. The lowest BCUT2D eigenvalue weighted by atomic mass is 10.1. The standard InChI is InChI=1S/C12H18N2O2/c1-8(2)6-14-7-10(5-11(15)16)12(13-14)9-3-4-9/h7-9H,3-6H2,1-2H3,(H,15,16). The van der Waals surface area contributed by atoms with Crippen LogP contribution in [0.3, 0.4) is 0 Å². The van der Waals surface area contributed by atoms with Crippen molar-refractivity contribution in [1.82, 2.24) is 9.78 Å². The third-order valence-corrected chi connectivity index (χ3v) is 2.73. The Morgan fingerprint density at radius 1 is 1.62 bits per heavy atom. The maximum atomic E-state index is 10.8. The number of aromatic nitrogens is 2. The maximum Gasteiger partial charge on any atom is 0.307 e. The fourth-order valence-electron chi connectivity index (χ4n) is 1.94. The Labute approximate surface area is 95.3 Å². The zero-order valence-corrected chi connectivity index (χ0v) is 9.81. The topological polar surface area (TPSA) is 55.1 Å². The lowest BCUT2D eigenvalue weighted by molar-refractivity contribution is -0.136. The van der Waals surface area contributed by atoms with Crippen molar-refractivity contribution in [3.63, 3.8) is 0 Å². The fourth-order valence-corrected chi connectivity index (χ4v) is 1.94. The first-order chi connectivity index (χ1) is 7.56. The second-order valence-electron chi connectivity index (χ2n) is 5.00. The molecule has 0 saturated heterocycles. The fraction of sp³-hybridized carbons (Fsp3) is 0.667. The average Bonchev–Trinajstić information content (AvgIpc) is 2.90. The number of carboxylic acid groups (broad SMARTS) is 1. The molecular formula is C12H18N2O2. The van der Waals surface area contributed by atoms with Gasteiger partial charge in [0.05, 0.1) is 12.1 Å². The summed E-state index contributed by atoms with van der Waals surface area (Å²) in [7, 11) is 0. The van der Waals surface area contributed by atoms with Crippen molar-refractivity contribution in [2.24, 2.45) is 5.92 Å². The summed E-state index contributed by atoms with van der Waals surface area (Å²) >= 11 is 0. The molecule has 1 heterocycles. The van der Waals surface area contributed by atoms with Crippen LogP contribution in [-0.4, -0.2) is 20.9 Å². The SMILES string of the molecule is CC(C)Cn1cc(CC(=O)O)c(C2CC2)n1. The van der Waals surface area contributed by atoms with Gasteiger partial charge < -0.3 is 5.11 Å². The predicted molar refractivity (Wildman–Crippen MR) is 60.4 cm³/mol. The lowest BCUT2D eigenvalue weighted by Crippen LogP contribution is -2.05. The highest BCUT2D eigenvalue weighted by atomic mass is 16.4. The van der Waals surface area contributed by atoms with E-state index in [0.29, 0.717) is 11.8 Å². The third kappa shape index (κ3) is 2.62. The average molecular weight is 222 g/mol. The van der Waals surface area contributed by atoms with Gasteiger partial charge in [-0.05, 0) is 18.8 Å². The molecule has 88 valence electrons. The highest BCUT2D eigenvalue weighted by Gasteiger charge is 2.29. The molecule has 4 nitrogen and oxygen atoms in total. The van der Waals surface area contributed by atoms with Crippen LogP contribution in [0.1, 0.15) is 43.9 Å². The number of carbonyl (C=O) groups is 1. The Kier molecular flexibility index (Phi) is 2.99. The molecule has 0 unspecified atom stereocenters. The molecular weight excluding hydrogens is 204 g/mol. The van der Waals surface area contributed by atoms with Crippen LogP contribution in [0, 0.1) is 5.92 Å². The highest BCUT2D eigenvalue weighted by Crippen LogP contribution is 2.40. The predicted octanol–water partition coefficient (Wildman–Crippen LogP) is 2.04. The third-order valence-electron chi connectivity index (χ3n) is 2.73. The van der Waals surface area contributed by atoms with E-state index in [4.69, 9.17) is 5.11 Å². The van der Waals surface area contributed by atoms with Crippen molar-refractivity contribution in [1.29, 1.82) is 0 Å². The molecule has 1 aromatic rings. The van der Waals surface area contributed by atoms with Gasteiger partial charge in [-0.25, -0.2) is 0 Å². The van der Waals surface area contributed by atoms with Gasteiger partial charge in [-0.1, -0.05) is 13.8 Å². The second kappa shape index (κ2) is 4.28. The van der Waals surface area contributed by atoms with Gasteiger partial charge in [-0.2, -0.15) is 5.10 Å². The van der Waals surface area contributed by atoms with Crippen LogP contribution in [0.5, 0.6) is 0 Å². The minimum atomic E-state index is -0.772. The number of hydrogen-bond donors (Lipinski definition) is 1. The largest absolute Gasteiger partial charge is 0.481 e. The number of aliphatic carboxylic acids is 1. The Balaban J connectivity index is 2.19. The monoisotopic (exact) mass is 222 g/mol. The smallest absolute Gasteiger partial charge is 0.307 e. The van der Waals surface area contributed by atoms with Crippen LogP contribution in [-0.2, 0) is 17.8 Å². The van der Waals surface area contributed by atoms with E-state index in [2.05, 4.69) is 18.9 Å². The Hall–Kier alpha value is -1.32. The van der Waals surface area contributed by atoms with Crippen LogP contribution in [0.15, 0.2) is 6.20 Å². The number of rotatable bonds is 5. The minimum Gasteiger partial charge on any atom is -0.481 e. The van der Waals surface area contributed by atoms with Crippen molar-refractivity contribution < 1.29 is 9.90 Å². The second-order valence-corrected chi connectivity index (χ2v) is 5.00. The molecule has 0 aromatic carbocycles. The summed E-state index contributed by atoms with van der Waals surface area (Å²) in [5, 5.41) is 13.4. The van der Waals surface area contributed by atoms with E-state index in [1.165, 1.54) is 0 Å². The summed E-state index contributed by atoms with van der Waals surface area (Å²) in [5.41, 5.74) is 1.92. The first-order valence-electron chi connectivity index (χ1n) is 5.84.